The molecule has 1 aliphatic rings. The van der Waals surface area contributed by atoms with E-state index in [2.05, 4.69) is 0 Å². The Balaban J connectivity index is 2.31. The maximum absolute atomic E-state index is 10.1. The zero-order chi connectivity index (χ0) is 6.69. The Morgan fingerprint density at radius 3 is 2.22 bits per heavy atom. The van der Waals surface area contributed by atoms with E-state index in [1.807, 2.05) is 0 Å². The van der Waals surface area contributed by atoms with Crippen molar-refractivity contribution in [3.8, 4) is 0 Å². The number of ether oxygens (including phenoxy) is 1. The van der Waals surface area contributed by atoms with Gasteiger partial charge in [-0.15, -0.1) is 0 Å². The second kappa shape index (κ2) is 2.68. The Bertz CT molecular complexity index is 109. The molecule has 1 radical (unpaired) electrons. The largest absolute Gasteiger partial charge is 0.453 e. The van der Waals surface area contributed by atoms with Crippen LogP contribution in [0.15, 0.2) is 0 Å². The minimum Gasteiger partial charge on any atom is -0.378 e. The van der Waals surface area contributed by atoms with Crippen LogP contribution in [0.1, 0.15) is 0 Å². The van der Waals surface area contributed by atoms with Crippen LogP contribution in [0, 0.1) is 0 Å². The van der Waals surface area contributed by atoms with Crippen molar-refractivity contribution >= 4 is 6.09 Å². The molecule has 51 valence electrons. The topological polar surface area (TPSA) is 49.4 Å². The minimum atomic E-state index is -1.10. The summed E-state index contributed by atoms with van der Waals surface area (Å²) in [6.45, 7) is 1.88. The van der Waals surface area contributed by atoms with Gasteiger partial charge >= 0.3 is 6.09 Å². The number of morpholine rings is 1. The summed E-state index contributed by atoms with van der Waals surface area (Å²) in [5, 5.41) is 10.1. The fourth-order valence-corrected chi connectivity index (χ4v) is 0.746. The molecule has 1 fully saturated rings. The summed E-state index contributed by atoms with van der Waals surface area (Å²) in [4.78, 5) is 11.4. The van der Waals surface area contributed by atoms with E-state index in [1.54, 1.807) is 0 Å². The van der Waals surface area contributed by atoms with Gasteiger partial charge in [-0.25, -0.2) is 9.90 Å². The van der Waals surface area contributed by atoms with Gasteiger partial charge in [0.05, 0.1) is 13.2 Å². The van der Waals surface area contributed by atoms with E-state index in [-0.39, 0.29) is 0 Å². The summed E-state index contributed by atoms with van der Waals surface area (Å²) < 4.78 is 4.92. The molecule has 0 unspecified atom stereocenters. The van der Waals surface area contributed by atoms with Gasteiger partial charge in [-0.2, -0.15) is 0 Å². The van der Waals surface area contributed by atoms with E-state index in [4.69, 9.17) is 4.74 Å². The third-order valence-electron chi connectivity index (χ3n) is 1.27. The zero-order valence-electron chi connectivity index (χ0n) is 5.00. The number of amides is 1. The van der Waals surface area contributed by atoms with E-state index >= 15 is 0 Å². The lowest BCUT2D eigenvalue weighted by Crippen LogP contribution is -2.39. The maximum atomic E-state index is 10.1. The molecular formula is C5H8NO3. The summed E-state index contributed by atoms with van der Waals surface area (Å²) in [5.41, 5.74) is 0. The van der Waals surface area contributed by atoms with Crippen molar-refractivity contribution < 1.29 is 14.6 Å². The third-order valence-corrected chi connectivity index (χ3v) is 1.27. The number of hydrogen-bond acceptors (Lipinski definition) is 2. The smallest absolute Gasteiger partial charge is 0.378 e. The second-order valence-corrected chi connectivity index (χ2v) is 1.87. The molecule has 1 aliphatic heterocycles. The van der Waals surface area contributed by atoms with Crippen LogP contribution in [-0.4, -0.2) is 37.3 Å². The third kappa shape index (κ3) is 1.57. The van der Waals surface area contributed by atoms with Gasteiger partial charge in [0, 0.05) is 13.1 Å². The van der Waals surface area contributed by atoms with Gasteiger partial charge in [-0.1, -0.05) is 0 Å². The molecule has 1 heterocycles. The molecule has 4 heteroatoms. The second-order valence-electron chi connectivity index (χ2n) is 1.87. The van der Waals surface area contributed by atoms with Crippen LogP contribution in [-0.2, 0) is 9.84 Å². The highest BCUT2D eigenvalue weighted by Crippen LogP contribution is 1.95. The monoisotopic (exact) mass is 130 g/mol. The van der Waals surface area contributed by atoms with E-state index in [9.17, 15) is 9.90 Å². The molecule has 1 rings (SSSR count). The van der Waals surface area contributed by atoms with Crippen molar-refractivity contribution in [2.24, 2.45) is 0 Å². The predicted octanol–water partition coefficient (Wildman–Crippen LogP) is -0.131. The lowest BCUT2D eigenvalue weighted by atomic mass is 10.5. The number of nitrogens with zero attached hydrogens (tertiary/aromatic N) is 1. The molecule has 0 spiro atoms. The van der Waals surface area contributed by atoms with E-state index in [0.717, 1.165) is 0 Å². The van der Waals surface area contributed by atoms with Gasteiger partial charge in [0.25, 0.3) is 0 Å². The summed E-state index contributed by atoms with van der Waals surface area (Å²) in [7, 11) is 0. The molecule has 1 saturated heterocycles. The van der Waals surface area contributed by atoms with Gasteiger partial charge < -0.3 is 9.64 Å². The standard InChI is InChI=1S/C5H8NO3/c7-5(8)6-1-3-9-4-2-6/h1-4H2. The first-order valence-electron chi connectivity index (χ1n) is 2.84. The van der Waals surface area contributed by atoms with Crippen molar-refractivity contribution in [2.75, 3.05) is 26.3 Å². The Kier molecular flexibility index (Phi) is 1.89. The van der Waals surface area contributed by atoms with Gasteiger partial charge in [0.2, 0.25) is 0 Å². The van der Waals surface area contributed by atoms with Crippen LogP contribution >= 0.6 is 0 Å². The number of carbonyl (C=O) groups is 1. The summed E-state index contributed by atoms with van der Waals surface area (Å²) in [6.07, 6.45) is -1.10. The van der Waals surface area contributed by atoms with Crippen LogP contribution in [0.5, 0.6) is 0 Å². The predicted molar refractivity (Wildman–Crippen MR) is 28.5 cm³/mol. The molecule has 4 nitrogen and oxygen atoms in total. The lowest BCUT2D eigenvalue weighted by Gasteiger charge is -2.22. The normalized spacial score (nSPS) is 19.8. The van der Waals surface area contributed by atoms with Crippen LogP contribution in [0.4, 0.5) is 4.79 Å². The van der Waals surface area contributed by atoms with Crippen LogP contribution in [0.2, 0.25) is 0 Å². The number of hydrogen-bond donors (Lipinski definition) is 0. The van der Waals surface area contributed by atoms with Crippen molar-refractivity contribution in [1.82, 2.24) is 4.90 Å². The molecule has 1 amide bonds. The lowest BCUT2D eigenvalue weighted by molar-refractivity contribution is 0.0313. The molecular weight excluding hydrogens is 122 g/mol. The molecule has 0 aromatic rings. The first kappa shape index (κ1) is 6.35. The highest BCUT2D eigenvalue weighted by molar-refractivity contribution is 5.64. The van der Waals surface area contributed by atoms with Crippen molar-refractivity contribution in [3.05, 3.63) is 0 Å². The first-order chi connectivity index (χ1) is 4.30. The van der Waals surface area contributed by atoms with E-state index in [1.165, 1.54) is 4.90 Å². The minimum absolute atomic E-state index is 0.447. The van der Waals surface area contributed by atoms with Gasteiger partial charge in [0.1, 0.15) is 0 Å². The number of rotatable bonds is 0. The van der Waals surface area contributed by atoms with Gasteiger partial charge in [-0.3, -0.25) is 0 Å². The quantitative estimate of drug-likeness (QED) is 0.458. The van der Waals surface area contributed by atoms with Crippen LogP contribution in [0.3, 0.4) is 0 Å². The van der Waals surface area contributed by atoms with Gasteiger partial charge in [0.15, 0.2) is 0 Å². The Morgan fingerprint density at radius 2 is 1.89 bits per heavy atom. The first-order valence-corrected chi connectivity index (χ1v) is 2.84. The summed E-state index contributed by atoms with van der Waals surface area (Å²) >= 11 is 0. The average Bonchev–Trinajstić information content (AvgIpc) is 1.90. The molecule has 9 heavy (non-hydrogen) atoms. The highest BCUT2D eigenvalue weighted by atomic mass is 16.5. The SMILES string of the molecule is [O]C(=O)N1CCOCC1. The molecule has 0 saturated carbocycles. The Morgan fingerprint density at radius 1 is 1.33 bits per heavy atom. The summed E-state index contributed by atoms with van der Waals surface area (Å²) in [5.74, 6) is 0. The fourth-order valence-electron chi connectivity index (χ4n) is 0.746. The Labute approximate surface area is 53.0 Å². The van der Waals surface area contributed by atoms with Crippen molar-refractivity contribution in [2.45, 2.75) is 0 Å². The molecule has 0 aliphatic carbocycles. The molecule has 0 aromatic heterocycles. The van der Waals surface area contributed by atoms with Crippen LogP contribution in [0.25, 0.3) is 0 Å². The Hall–Kier alpha value is -0.770. The zero-order valence-corrected chi connectivity index (χ0v) is 5.00. The average molecular weight is 130 g/mol. The van der Waals surface area contributed by atoms with E-state index in [0.29, 0.717) is 26.3 Å². The molecule has 0 bridgehead atoms. The fraction of sp³-hybridized carbons (Fsp3) is 0.800. The maximum Gasteiger partial charge on any atom is 0.453 e. The van der Waals surface area contributed by atoms with Gasteiger partial charge in [-0.05, 0) is 0 Å². The van der Waals surface area contributed by atoms with Crippen molar-refractivity contribution in [1.29, 1.82) is 0 Å². The molecule has 0 aromatic carbocycles. The van der Waals surface area contributed by atoms with E-state index < -0.39 is 6.09 Å². The number of carbonyl (C=O) groups excluding carboxylic acids is 1. The van der Waals surface area contributed by atoms with Crippen LogP contribution < -0.4 is 0 Å². The summed E-state index contributed by atoms with van der Waals surface area (Å²) in [6, 6.07) is 0. The highest BCUT2D eigenvalue weighted by Gasteiger charge is 2.15. The van der Waals surface area contributed by atoms with Crippen molar-refractivity contribution in [3.63, 3.8) is 0 Å². The molecule has 0 atom stereocenters. The molecule has 0 N–H and O–H groups in total.